The van der Waals surface area contributed by atoms with Crippen LogP contribution < -0.4 is 20.3 Å². The number of rotatable bonds is 2. The third-order valence-electron chi connectivity index (χ3n) is 5.12. The summed E-state index contributed by atoms with van der Waals surface area (Å²) >= 11 is 0. The number of aromatic nitrogens is 2. The fourth-order valence-electron chi connectivity index (χ4n) is 3.82. The summed E-state index contributed by atoms with van der Waals surface area (Å²) in [5, 5.41) is 6.98. The molecule has 0 aromatic carbocycles. The summed E-state index contributed by atoms with van der Waals surface area (Å²) in [4.78, 5) is 11.2. The van der Waals surface area contributed by atoms with E-state index >= 15 is 0 Å². The molecule has 1 aromatic heterocycles. The van der Waals surface area contributed by atoms with Gasteiger partial charge in [0.1, 0.15) is 12.9 Å². The van der Waals surface area contributed by atoms with E-state index in [1.54, 1.807) is 6.33 Å². The maximum Gasteiger partial charge on any atom is 0.204 e. The van der Waals surface area contributed by atoms with Crippen LogP contribution >= 0.6 is 0 Å². The first-order valence-electron chi connectivity index (χ1n) is 7.98. The summed E-state index contributed by atoms with van der Waals surface area (Å²) in [6.45, 7) is 2.74. The highest BCUT2D eigenvalue weighted by atomic mass is 16.5. The van der Waals surface area contributed by atoms with Crippen LogP contribution in [-0.4, -0.2) is 48.3 Å². The van der Waals surface area contributed by atoms with Crippen molar-refractivity contribution in [2.75, 3.05) is 37.0 Å². The van der Waals surface area contributed by atoms with Crippen LogP contribution in [0.25, 0.3) is 0 Å². The molecule has 1 saturated carbocycles. The van der Waals surface area contributed by atoms with Crippen LogP contribution in [0, 0.1) is 0 Å². The molecule has 1 saturated heterocycles. The van der Waals surface area contributed by atoms with E-state index in [2.05, 4.69) is 25.5 Å². The smallest absolute Gasteiger partial charge is 0.204 e. The molecule has 2 N–H and O–H groups in total. The van der Waals surface area contributed by atoms with Gasteiger partial charge in [0.05, 0.1) is 5.54 Å². The number of likely N-dealkylation sites (N-methyl/N-ethyl adjacent to an activating group) is 1. The van der Waals surface area contributed by atoms with Crippen LogP contribution in [0.4, 0.5) is 11.6 Å². The summed E-state index contributed by atoms with van der Waals surface area (Å²) in [6, 6.07) is 0.535. The third kappa shape index (κ3) is 2.21. The normalized spacial score (nSPS) is 26.5. The van der Waals surface area contributed by atoms with Gasteiger partial charge in [-0.25, -0.2) is 9.97 Å². The fraction of sp³-hybridized carbons (Fsp3) is 0.733. The quantitative estimate of drug-likeness (QED) is 0.858. The van der Waals surface area contributed by atoms with Crippen LogP contribution in [0.1, 0.15) is 32.1 Å². The maximum atomic E-state index is 6.12. The minimum Gasteiger partial charge on any atom is -0.484 e. The van der Waals surface area contributed by atoms with Gasteiger partial charge in [0.2, 0.25) is 5.75 Å². The van der Waals surface area contributed by atoms with Crippen LogP contribution in [0.3, 0.4) is 0 Å². The van der Waals surface area contributed by atoms with Gasteiger partial charge in [0.25, 0.3) is 0 Å². The minimum atomic E-state index is 0.108. The molecule has 3 aliphatic rings. The van der Waals surface area contributed by atoms with Crippen molar-refractivity contribution in [1.82, 2.24) is 15.3 Å². The molecule has 2 aliphatic heterocycles. The van der Waals surface area contributed by atoms with Crippen molar-refractivity contribution in [2.45, 2.75) is 43.7 Å². The molecule has 1 unspecified atom stereocenters. The third-order valence-corrected chi connectivity index (χ3v) is 5.12. The van der Waals surface area contributed by atoms with Gasteiger partial charge in [0.15, 0.2) is 11.6 Å². The van der Waals surface area contributed by atoms with E-state index in [1.165, 1.54) is 25.7 Å². The fourth-order valence-corrected chi connectivity index (χ4v) is 3.82. The monoisotopic (exact) mass is 289 g/mol. The molecule has 0 radical (unpaired) electrons. The lowest BCUT2D eigenvalue weighted by Gasteiger charge is -2.37. The zero-order chi connectivity index (χ0) is 14.3. The number of nitrogens with one attached hydrogen (secondary N) is 2. The Morgan fingerprint density at radius 3 is 3.00 bits per heavy atom. The van der Waals surface area contributed by atoms with Crippen molar-refractivity contribution >= 4 is 11.6 Å². The topological polar surface area (TPSA) is 62.3 Å². The Morgan fingerprint density at radius 1 is 1.38 bits per heavy atom. The molecule has 0 bridgehead atoms. The molecular weight excluding hydrogens is 266 g/mol. The SMILES string of the molecule is CNC1CCN(c2ncnc3c2OCC2(CCCC2)N3)C1. The number of fused-ring (bicyclic) bond motifs is 1. The van der Waals surface area contributed by atoms with Crippen LogP contribution in [-0.2, 0) is 0 Å². The molecule has 2 fully saturated rings. The van der Waals surface area contributed by atoms with E-state index in [4.69, 9.17) is 4.74 Å². The molecule has 1 aliphatic carbocycles. The van der Waals surface area contributed by atoms with E-state index in [0.29, 0.717) is 6.04 Å². The molecule has 0 amide bonds. The molecule has 1 aromatic rings. The maximum absolute atomic E-state index is 6.12. The standard InChI is InChI=1S/C15H23N5O/c1-16-11-4-7-20(8-11)14-12-13(17-10-18-14)19-15(9-21-12)5-2-3-6-15/h10-11,16H,2-9H2,1H3,(H,17,18,19). The Hall–Kier alpha value is -1.56. The zero-order valence-corrected chi connectivity index (χ0v) is 12.6. The number of ether oxygens (including phenoxy) is 1. The highest BCUT2D eigenvalue weighted by molar-refractivity contribution is 5.67. The molecule has 114 valence electrons. The van der Waals surface area contributed by atoms with Gasteiger partial charge in [-0.2, -0.15) is 0 Å². The van der Waals surface area contributed by atoms with E-state index in [0.717, 1.165) is 43.5 Å². The average Bonchev–Trinajstić information content (AvgIpc) is 3.16. The predicted octanol–water partition coefficient (Wildman–Crippen LogP) is 1.39. The van der Waals surface area contributed by atoms with Crippen LogP contribution in [0.5, 0.6) is 5.75 Å². The van der Waals surface area contributed by atoms with Crippen LogP contribution in [0.15, 0.2) is 6.33 Å². The summed E-state index contributed by atoms with van der Waals surface area (Å²) < 4.78 is 6.12. The molecular formula is C15H23N5O. The first-order valence-corrected chi connectivity index (χ1v) is 7.98. The number of nitrogens with zero attached hydrogens (tertiary/aromatic N) is 3. The number of hydrogen-bond donors (Lipinski definition) is 2. The van der Waals surface area contributed by atoms with Crippen molar-refractivity contribution in [3.63, 3.8) is 0 Å². The van der Waals surface area contributed by atoms with Crippen molar-refractivity contribution in [2.24, 2.45) is 0 Å². The average molecular weight is 289 g/mol. The molecule has 6 heteroatoms. The second-order valence-electron chi connectivity index (χ2n) is 6.50. The molecule has 21 heavy (non-hydrogen) atoms. The van der Waals surface area contributed by atoms with Crippen LogP contribution in [0.2, 0.25) is 0 Å². The Bertz CT molecular complexity index is 529. The first-order chi connectivity index (χ1) is 10.3. The van der Waals surface area contributed by atoms with Gasteiger partial charge < -0.3 is 20.3 Å². The van der Waals surface area contributed by atoms with Gasteiger partial charge in [-0.05, 0) is 26.3 Å². The first kappa shape index (κ1) is 13.1. The van der Waals surface area contributed by atoms with Gasteiger partial charge in [-0.3, -0.25) is 0 Å². The summed E-state index contributed by atoms with van der Waals surface area (Å²) in [6.07, 6.45) is 7.71. The summed E-state index contributed by atoms with van der Waals surface area (Å²) in [5.74, 6) is 2.66. The van der Waals surface area contributed by atoms with E-state index in [9.17, 15) is 0 Å². The highest BCUT2D eigenvalue weighted by Gasteiger charge is 2.40. The van der Waals surface area contributed by atoms with Crippen molar-refractivity contribution in [3.05, 3.63) is 6.33 Å². The van der Waals surface area contributed by atoms with Gasteiger partial charge in [0, 0.05) is 19.1 Å². The van der Waals surface area contributed by atoms with Gasteiger partial charge >= 0.3 is 0 Å². The predicted molar refractivity (Wildman–Crippen MR) is 82.0 cm³/mol. The van der Waals surface area contributed by atoms with Gasteiger partial charge in [-0.1, -0.05) is 12.8 Å². The molecule has 1 spiro atoms. The number of anilines is 2. The molecule has 3 heterocycles. The lowest BCUT2D eigenvalue weighted by Crippen LogP contribution is -2.45. The van der Waals surface area contributed by atoms with E-state index in [-0.39, 0.29) is 5.54 Å². The second kappa shape index (κ2) is 5.02. The molecule has 1 atom stereocenters. The summed E-state index contributed by atoms with van der Waals surface area (Å²) in [7, 11) is 2.02. The molecule has 6 nitrogen and oxygen atoms in total. The lowest BCUT2D eigenvalue weighted by atomic mass is 9.97. The Labute approximate surface area is 125 Å². The van der Waals surface area contributed by atoms with E-state index < -0.39 is 0 Å². The Balaban J connectivity index is 1.60. The summed E-state index contributed by atoms with van der Waals surface area (Å²) in [5.41, 5.74) is 0.108. The Kier molecular flexibility index (Phi) is 3.14. The minimum absolute atomic E-state index is 0.108. The van der Waals surface area contributed by atoms with Crippen molar-refractivity contribution in [1.29, 1.82) is 0 Å². The Morgan fingerprint density at radius 2 is 2.24 bits per heavy atom. The highest BCUT2D eigenvalue weighted by Crippen LogP contribution is 2.43. The van der Waals surface area contributed by atoms with Crippen molar-refractivity contribution < 1.29 is 4.74 Å². The van der Waals surface area contributed by atoms with E-state index in [1.807, 2.05) is 7.05 Å². The second-order valence-corrected chi connectivity index (χ2v) is 6.50. The van der Waals surface area contributed by atoms with Gasteiger partial charge in [-0.15, -0.1) is 0 Å². The zero-order valence-electron chi connectivity index (χ0n) is 12.6. The number of hydrogen-bond acceptors (Lipinski definition) is 6. The largest absolute Gasteiger partial charge is 0.484 e. The molecule has 4 rings (SSSR count). The van der Waals surface area contributed by atoms with Crippen molar-refractivity contribution in [3.8, 4) is 5.75 Å². The lowest BCUT2D eigenvalue weighted by molar-refractivity contribution is 0.219.